The first-order chi connectivity index (χ1) is 11.2. The van der Waals surface area contributed by atoms with Crippen molar-refractivity contribution in [2.24, 2.45) is 0 Å². The average Bonchev–Trinajstić information content (AvgIpc) is 3.10. The molecule has 6 heteroatoms. The number of thiophene rings is 1. The van der Waals surface area contributed by atoms with Gasteiger partial charge < -0.3 is 9.64 Å². The summed E-state index contributed by atoms with van der Waals surface area (Å²) in [6.07, 6.45) is 7.53. The Hall–Kier alpha value is -1.59. The maximum Gasteiger partial charge on any atom is 0.264 e. The van der Waals surface area contributed by atoms with Crippen molar-refractivity contribution in [2.45, 2.75) is 43.9 Å². The minimum atomic E-state index is 0.120. The summed E-state index contributed by atoms with van der Waals surface area (Å²) in [5.41, 5.74) is 0. The third-order valence-electron chi connectivity index (χ3n) is 4.65. The Morgan fingerprint density at radius 2 is 2.04 bits per heavy atom. The van der Waals surface area contributed by atoms with Crippen molar-refractivity contribution in [3.8, 4) is 5.75 Å². The Morgan fingerprint density at radius 1 is 1.26 bits per heavy atom. The lowest BCUT2D eigenvalue weighted by atomic mass is 9.99. The molecule has 4 rings (SSSR count). The summed E-state index contributed by atoms with van der Waals surface area (Å²) in [5, 5.41) is 0. The molecular formula is C17H17ClN2O2S. The number of rotatable bonds is 3. The first kappa shape index (κ1) is 15.0. The fourth-order valence-corrected chi connectivity index (χ4v) is 4.71. The predicted molar refractivity (Wildman–Crippen MR) is 90.2 cm³/mol. The number of halogens is 1. The lowest BCUT2D eigenvalue weighted by molar-refractivity contribution is 0.0362. The molecule has 2 unspecified atom stereocenters. The lowest BCUT2D eigenvalue weighted by Crippen LogP contribution is -2.49. The van der Waals surface area contributed by atoms with Crippen LogP contribution in [-0.4, -0.2) is 34.0 Å². The maximum absolute atomic E-state index is 12.8. The highest BCUT2D eigenvalue weighted by Gasteiger charge is 2.44. The zero-order valence-electron chi connectivity index (χ0n) is 12.5. The molecule has 1 amide bonds. The SMILES string of the molecule is O=C(c1ccc(Cl)s1)N1C2CCC1CC(Oc1cccnc1)C2. The lowest BCUT2D eigenvalue weighted by Gasteiger charge is -2.38. The van der Waals surface area contributed by atoms with Crippen LogP contribution in [0, 0.1) is 0 Å². The fraction of sp³-hybridized carbons (Fsp3) is 0.412. The number of hydrogen-bond donors (Lipinski definition) is 0. The highest BCUT2D eigenvalue weighted by molar-refractivity contribution is 7.17. The van der Waals surface area contributed by atoms with E-state index in [4.69, 9.17) is 16.3 Å². The van der Waals surface area contributed by atoms with Crippen LogP contribution in [0.5, 0.6) is 5.75 Å². The number of amides is 1. The summed E-state index contributed by atoms with van der Waals surface area (Å²) in [6.45, 7) is 0. The number of ether oxygens (including phenoxy) is 1. The van der Waals surface area contributed by atoms with Gasteiger partial charge in [0.25, 0.3) is 5.91 Å². The van der Waals surface area contributed by atoms with Crippen LogP contribution >= 0.6 is 22.9 Å². The Balaban J connectivity index is 1.47. The maximum atomic E-state index is 12.8. The number of nitrogens with zero attached hydrogens (tertiary/aromatic N) is 2. The van der Waals surface area contributed by atoms with Gasteiger partial charge in [0.05, 0.1) is 15.4 Å². The molecule has 2 aromatic heterocycles. The van der Waals surface area contributed by atoms with Crippen molar-refractivity contribution in [3.63, 3.8) is 0 Å². The van der Waals surface area contributed by atoms with Gasteiger partial charge in [-0.15, -0.1) is 11.3 Å². The monoisotopic (exact) mass is 348 g/mol. The van der Waals surface area contributed by atoms with E-state index in [1.165, 1.54) is 11.3 Å². The standard InChI is InChI=1S/C17H17ClN2O2S/c18-16-6-5-15(23-16)17(21)20-11-3-4-12(20)9-14(8-11)22-13-2-1-7-19-10-13/h1-2,5-7,10-12,14H,3-4,8-9H2. The highest BCUT2D eigenvalue weighted by atomic mass is 35.5. The Labute approximate surface area is 144 Å². The molecule has 0 aliphatic carbocycles. The van der Waals surface area contributed by atoms with Crippen LogP contribution in [0.25, 0.3) is 0 Å². The largest absolute Gasteiger partial charge is 0.489 e. The number of fused-ring (bicyclic) bond motifs is 2. The zero-order chi connectivity index (χ0) is 15.8. The normalized spacial score (nSPS) is 26.3. The number of carbonyl (C=O) groups excluding carboxylic acids is 1. The van der Waals surface area contributed by atoms with Crippen molar-refractivity contribution in [1.29, 1.82) is 0 Å². The van der Waals surface area contributed by atoms with Crippen molar-refractivity contribution in [3.05, 3.63) is 45.9 Å². The third-order valence-corrected chi connectivity index (χ3v) is 5.86. The van der Waals surface area contributed by atoms with E-state index in [0.29, 0.717) is 4.34 Å². The van der Waals surface area contributed by atoms with E-state index in [1.807, 2.05) is 18.2 Å². The molecule has 120 valence electrons. The molecule has 2 aliphatic rings. The first-order valence-electron chi connectivity index (χ1n) is 7.85. The zero-order valence-corrected chi connectivity index (χ0v) is 14.1. The van der Waals surface area contributed by atoms with Gasteiger partial charge in [0.2, 0.25) is 0 Å². The van der Waals surface area contributed by atoms with E-state index >= 15 is 0 Å². The van der Waals surface area contributed by atoms with Gasteiger partial charge in [-0.3, -0.25) is 9.78 Å². The number of piperidine rings is 1. The molecular weight excluding hydrogens is 332 g/mol. The van der Waals surface area contributed by atoms with Gasteiger partial charge in [0.15, 0.2) is 0 Å². The van der Waals surface area contributed by atoms with Crippen molar-refractivity contribution < 1.29 is 9.53 Å². The number of hydrogen-bond acceptors (Lipinski definition) is 4. The Morgan fingerprint density at radius 3 is 2.65 bits per heavy atom. The van der Waals surface area contributed by atoms with Crippen LogP contribution < -0.4 is 4.74 Å². The summed E-state index contributed by atoms with van der Waals surface area (Å²) < 4.78 is 6.72. The summed E-state index contributed by atoms with van der Waals surface area (Å²) >= 11 is 7.33. The van der Waals surface area contributed by atoms with E-state index in [0.717, 1.165) is 36.3 Å². The second-order valence-electron chi connectivity index (χ2n) is 6.10. The van der Waals surface area contributed by atoms with Gasteiger partial charge in [-0.05, 0) is 37.1 Å². The molecule has 2 aromatic rings. The van der Waals surface area contributed by atoms with Crippen molar-refractivity contribution in [2.75, 3.05) is 0 Å². The molecule has 2 bridgehead atoms. The molecule has 2 atom stereocenters. The number of pyridine rings is 1. The van der Waals surface area contributed by atoms with Crippen LogP contribution in [0.15, 0.2) is 36.7 Å². The summed E-state index contributed by atoms with van der Waals surface area (Å²) in [7, 11) is 0. The highest BCUT2D eigenvalue weighted by Crippen LogP contribution is 2.39. The third kappa shape index (κ3) is 2.95. The molecule has 0 spiro atoms. The van der Waals surface area contributed by atoms with Crippen molar-refractivity contribution in [1.82, 2.24) is 9.88 Å². The van der Waals surface area contributed by atoms with E-state index in [9.17, 15) is 4.79 Å². The summed E-state index contributed by atoms with van der Waals surface area (Å²) in [4.78, 5) is 19.6. The minimum Gasteiger partial charge on any atom is -0.489 e. The molecule has 0 aromatic carbocycles. The van der Waals surface area contributed by atoms with E-state index in [1.54, 1.807) is 18.5 Å². The second kappa shape index (κ2) is 6.13. The molecule has 2 fully saturated rings. The first-order valence-corrected chi connectivity index (χ1v) is 9.05. The second-order valence-corrected chi connectivity index (χ2v) is 7.82. The molecule has 4 nitrogen and oxygen atoms in total. The molecule has 23 heavy (non-hydrogen) atoms. The van der Waals surface area contributed by atoms with Crippen LogP contribution in [0.4, 0.5) is 0 Å². The van der Waals surface area contributed by atoms with Crippen LogP contribution in [0.3, 0.4) is 0 Å². The molecule has 0 saturated carbocycles. The fourth-order valence-electron chi connectivity index (χ4n) is 3.72. The van der Waals surface area contributed by atoms with E-state index in [-0.39, 0.29) is 24.1 Å². The van der Waals surface area contributed by atoms with Gasteiger partial charge in [0, 0.05) is 31.1 Å². The Bertz CT molecular complexity index is 692. The van der Waals surface area contributed by atoms with Crippen LogP contribution in [0.2, 0.25) is 4.34 Å². The minimum absolute atomic E-state index is 0.120. The quantitative estimate of drug-likeness (QED) is 0.841. The molecule has 0 N–H and O–H groups in total. The Kier molecular flexibility index (Phi) is 3.99. The smallest absolute Gasteiger partial charge is 0.264 e. The van der Waals surface area contributed by atoms with Gasteiger partial charge in [-0.2, -0.15) is 0 Å². The van der Waals surface area contributed by atoms with E-state index < -0.39 is 0 Å². The number of aromatic nitrogens is 1. The molecule has 4 heterocycles. The van der Waals surface area contributed by atoms with Gasteiger partial charge in [-0.1, -0.05) is 11.6 Å². The van der Waals surface area contributed by atoms with E-state index in [2.05, 4.69) is 9.88 Å². The molecule has 0 radical (unpaired) electrons. The number of carbonyl (C=O) groups is 1. The van der Waals surface area contributed by atoms with Crippen molar-refractivity contribution >= 4 is 28.8 Å². The average molecular weight is 349 g/mol. The summed E-state index contributed by atoms with van der Waals surface area (Å²) in [6, 6.07) is 7.96. The van der Waals surface area contributed by atoms with Gasteiger partial charge in [-0.25, -0.2) is 0 Å². The van der Waals surface area contributed by atoms with Gasteiger partial charge >= 0.3 is 0 Å². The molecule has 2 saturated heterocycles. The molecule has 2 aliphatic heterocycles. The van der Waals surface area contributed by atoms with Crippen LogP contribution in [0.1, 0.15) is 35.4 Å². The topological polar surface area (TPSA) is 42.4 Å². The van der Waals surface area contributed by atoms with Gasteiger partial charge in [0.1, 0.15) is 11.9 Å². The summed E-state index contributed by atoms with van der Waals surface area (Å²) in [5.74, 6) is 0.927. The predicted octanol–water partition coefficient (Wildman–Crippen LogP) is 4.01. The van der Waals surface area contributed by atoms with Crippen LogP contribution in [-0.2, 0) is 0 Å².